The fourth-order valence-corrected chi connectivity index (χ4v) is 4.63. The van der Waals surface area contributed by atoms with Crippen LogP contribution in [0.5, 0.6) is 0 Å². The molecule has 4 rings (SSSR count). The zero-order chi connectivity index (χ0) is 19.2. The van der Waals surface area contributed by atoms with Crippen molar-refractivity contribution in [2.24, 2.45) is 17.9 Å². The third-order valence-electron chi connectivity index (χ3n) is 5.96. The van der Waals surface area contributed by atoms with Crippen LogP contribution in [-0.2, 0) is 7.05 Å². The number of nitrogens with zero attached hydrogens (tertiary/aromatic N) is 7. The van der Waals surface area contributed by atoms with Crippen molar-refractivity contribution in [3.05, 3.63) is 23.6 Å². The fraction of sp³-hybridized carbons (Fsp3) is 0.556. The van der Waals surface area contributed by atoms with Gasteiger partial charge in [-0.05, 0) is 0 Å². The number of aryl methyl sites for hydroxylation is 1. The molecule has 0 radical (unpaired) electrons. The highest BCUT2D eigenvalue weighted by atomic mass is 35.5. The molecule has 2 unspecified atom stereocenters. The number of hydrogen-bond acceptors (Lipinski definition) is 7. The van der Waals surface area contributed by atoms with Gasteiger partial charge in [0.1, 0.15) is 5.02 Å². The van der Waals surface area contributed by atoms with Gasteiger partial charge in [-0.2, -0.15) is 15.3 Å². The topological polar surface area (TPSA) is 85.9 Å². The molecule has 2 fully saturated rings. The van der Waals surface area contributed by atoms with E-state index in [0.717, 1.165) is 37.7 Å². The molecule has 0 bridgehead atoms. The van der Waals surface area contributed by atoms with Crippen molar-refractivity contribution < 1.29 is 0 Å². The Hall–Kier alpha value is -2.37. The second-order valence-electron chi connectivity index (χ2n) is 8.17. The van der Waals surface area contributed by atoms with Crippen LogP contribution in [0.4, 0.5) is 17.5 Å². The van der Waals surface area contributed by atoms with Crippen LogP contribution in [0.15, 0.2) is 18.6 Å². The monoisotopic (exact) mass is 386 g/mol. The lowest BCUT2D eigenvalue weighted by Crippen LogP contribution is -2.34. The summed E-state index contributed by atoms with van der Waals surface area (Å²) >= 11 is 6.44. The summed E-state index contributed by atoms with van der Waals surface area (Å²) in [6, 6.07) is 2.27. The number of anilines is 3. The van der Waals surface area contributed by atoms with E-state index in [9.17, 15) is 0 Å². The standard InChI is InChI=1S/C18H23ClN8/c1-17-9-26(5-4-20)10-18(17,2)12-27(11-17)15-14(19)7-21-16(24-15)23-13-6-22-25(3)8-13/h6-8H,5,9-12H2,1-3H3,(H,21,23,24). The maximum atomic E-state index is 9.03. The van der Waals surface area contributed by atoms with E-state index in [1.165, 1.54) is 0 Å². The molecule has 0 amide bonds. The van der Waals surface area contributed by atoms with Crippen molar-refractivity contribution >= 4 is 29.1 Å². The molecule has 8 nitrogen and oxygen atoms in total. The van der Waals surface area contributed by atoms with Crippen molar-refractivity contribution in [1.29, 1.82) is 5.26 Å². The number of rotatable bonds is 4. The maximum absolute atomic E-state index is 9.03. The van der Waals surface area contributed by atoms with Gasteiger partial charge in [0.25, 0.3) is 0 Å². The Morgan fingerprint density at radius 1 is 1.22 bits per heavy atom. The first kappa shape index (κ1) is 18.0. The predicted octanol–water partition coefficient (Wildman–Crippen LogP) is 2.28. The second-order valence-corrected chi connectivity index (χ2v) is 8.58. The SMILES string of the molecule is Cn1cc(Nc2ncc(Cl)c(N3CC4(C)CN(CC#N)CC4(C)C3)n2)cn1. The smallest absolute Gasteiger partial charge is 0.229 e. The molecule has 4 heterocycles. The third-order valence-corrected chi connectivity index (χ3v) is 6.23. The van der Waals surface area contributed by atoms with Crippen LogP contribution in [-0.4, -0.2) is 57.4 Å². The first-order valence-corrected chi connectivity index (χ1v) is 9.32. The maximum Gasteiger partial charge on any atom is 0.229 e. The zero-order valence-corrected chi connectivity index (χ0v) is 16.5. The van der Waals surface area contributed by atoms with Crippen molar-refractivity contribution in [1.82, 2.24) is 24.6 Å². The van der Waals surface area contributed by atoms with Crippen LogP contribution in [0, 0.1) is 22.2 Å². The van der Waals surface area contributed by atoms with E-state index < -0.39 is 0 Å². The summed E-state index contributed by atoms with van der Waals surface area (Å²) in [5, 5.41) is 16.9. The van der Waals surface area contributed by atoms with E-state index >= 15 is 0 Å². The molecular weight excluding hydrogens is 364 g/mol. The lowest BCUT2D eigenvalue weighted by atomic mass is 9.71. The van der Waals surface area contributed by atoms with E-state index in [0.29, 0.717) is 17.5 Å². The molecule has 0 aliphatic carbocycles. The van der Waals surface area contributed by atoms with E-state index in [4.69, 9.17) is 16.9 Å². The molecule has 2 atom stereocenters. The number of nitriles is 1. The van der Waals surface area contributed by atoms with Crippen LogP contribution < -0.4 is 10.2 Å². The third kappa shape index (κ3) is 3.11. The Morgan fingerprint density at radius 2 is 1.93 bits per heavy atom. The molecule has 27 heavy (non-hydrogen) atoms. The average Bonchev–Trinajstić information content (AvgIpc) is 3.17. The minimum Gasteiger partial charge on any atom is -0.354 e. The Morgan fingerprint density at radius 3 is 2.52 bits per heavy atom. The summed E-state index contributed by atoms with van der Waals surface area (Å²) in [6.45, 7) is 8.62. The zero-order valence-electron chi connectivity index (χ0n) is 15.8. The van der Waals surface area contributed by atoms with Gasteiger partial charge < -0.3 is 10.2 Å². The normalized spacial score (nSPS) is 27.6. The lowest BCUT2D eigenvalue weighted by Gasteiger charge is -2.30. The van der Waals surface area contributed by atoms with Gasteiger partial charge in [0.2, 0.25) is 5.95 Å². The highest BCUT2D eigenvalue weighted by Gasteiger charge is 2.57. The van der Waals surface area contributed by atoms with Gasteiger partial charge in [-0.1, -0.05) is 25.4 Å². The summed E-state index contributed by atoms with van der Waals surface area (Å²) in [4.78, 5) is 13.5. The van der Waals surface area contributed by atoms with Crippen LogP contribution in [0.25, 0.3) is 0 Å². The largest absolute Gasteiger partial charge is 0.354 e. The van der Waals surface area contributed by atoms with Crippen LogP contribution in [0.2, 0.25) is 5.02 Å². The average molecular weight is 387 g/mol. The Labute approximate surface area is 163 Å². The molecule has 2 aromatic rings. The number of likely N-dealkylation sites (tertiary alicyclic amines) is 1. The molecule has 2 aliphatic heterocycles. The lowest BCUT2D eigenvalue weighted by molar-refractivity contribution is 0.212. The molecule has 0 saturated carbocycles. The Balaban J connectivity index is 1.56. The van der Waals surface area contributed by atoms with Gasteiger partial charge in [-0.3, -0.25) is 9.58 Å². The number of halogens is 1. The van der Waals surface area contributed by atoms with E-state index in [-0.39, 0.29) is 10.8 Å². The summed E-state index contributed by atoms with van der Waals surface area (Å²) in [5.74, 6) is 1.25. The molecule has 2 saturated heterocycles. The molecule has 1 N–H and O–H groups in total. The van der Waals surface area contributed by atoms with Gasteiger partial charge in [-0.25, -0.2) is 4.98 Å². The Bertz CT molecular complexity index is 885. The minimum atomic E-state index is 0.0923. The minimum absolute atomic E-state index is 0.0923. The number of hydrogen-bond donors (Lipinski definition) is 1. The van der Waals surface area contributed by atoms with Gasteiger partial charge in [0.05, 0.1) is 30.7 Å². The molecular formula is C18H23ClN8. The summed E-state index contributed by atoms with van der Waals surface area (Å²) in [5.41, 5.74) is 1.01. The van der Waals surface area contributed by atoms with Crippen molar-refractivity contribution in [2.75, 3.05) is 42.9 Å². The van der Waals surface area contributed by atoms with Gasteiger partial charge in [-0.15, -0.1) is 0 Å². The molecule has 0 aromatic carbocycles. The quantitative estimate of drug-likeness (QED) is 0.806. The van der Waals surface area contributed by atoms with Crippen LogP contribution in [0.3, 0.4) is 0 Å². The Kier molecular flexibility index (Phi) is 4.24. The fourth-order valence-electron chi connectivity index (χ4n) is 4.42. The molecule has 2 aliphatic rings. The number of fused-ring (bicyclic) bond motifs is 1. The van der Waals surface area contributed by atoms with Crippen molar-refractivity contribution in [3.8, 4) is 6.07 Å². The molecule has 2 aromatic heterocycles. The summed E-state index contributed by atoms with van der Waals surface area (Å²) in [6.07, 6.45) is 5.23. The first-order chi connectivity index (χ1) is 12.8. The molecule has 9 heteroatoms. The first-order valence-electron chi connectivity index (χ1n) is 8.94. The van der Waals surface area contributed by atoms with E-state index in [1.54, 1.807) is 17.1 Å². The van der Waals surface area contributed by atoms with Gasteiger partial charge in [0.15, 0.2) is 5.82 Å². The highest BCUT2D eigenvalue weighted by Crippen LogP contribution is 2.52. The van der Waals surface area contributed by atoms with Gasteiger partial charge >= 0.3 is 0 Å². The molecule has 142 valence electrons. The van der Waals surface area contributed by atoms with Crippen molar-refractivity contribution in [3.63, 3.8) is 0 Å². The van der Waals surface area contributed by atoms with Crippen LogP contribution >= 0.6 is 11.6 Å². The van der Waals surface area contributed by atoms with Crippen LogP contribution in [0.1, 0.15) is 13.8 Å². The van der Waals surface area contributed by atoms with Gasteiger partial charge in [0, 0.05) is 50.3 Å². The second kappa shape index (κ2) is 6.36. The number of nitrogens with one attached hydrogen (secondary N) is 1. The predicted molar refractivity (Wildman–Crippen MR) is 104 cm³/mol. The summed E-state index contributed by atoms with van der Waals surface area (Å²) in [7, 11) is 1.86. The van der Waals surface area contributed by atoms with E-state index in [1.807, 2.05) is 13.2 Å². The summed E-state index contributed by atoms with van der Waals surface area (Å²) < 4.78 is 1.72. The van der Waals surface area contributed by atoms with E-state index in [2.05, 4.69) is 50.1 Å². The highest BCUT2D eigenvalue weighted by molar-refractivity contribution is 6.32. The molecule has 0 spiro atoms. The number of aromatic nitrogens is 4. The van der Waals surface area contributed by atoms with Crippen molar-refractivity contribution in [2.45, 2.75) is 13.8 Å².